The Hall–Kier alpha value is -0.680. The second-order valence-corrected chi connectivity index (χ2v) is 4.73. The number of anilines is 1. The van der Waals surface area contributed by atoms with E-state index in [1.54, 1.807) is 0 Å². The number of halogens is 4. The second kappa shape index (κ2) is 6.91. The summed E-state index contributed by atoms with van der Waals surface area (Å²) in [6.45, 7) is 0. The van der Waals surface area contributed by atoms with Gasteiger partial charge in [-0.15, -0.1) is 11.6 Å². The number of nitrogens with one attached hydrogen (secondary N) is 1. The number of carbonyl (C=O) groups is 1. The van der Waals surface area contributed by atoms with Crippen molar-refractivity contribution in [3.8, 4) is 0 Å². The molecular formula is C11H11BrClF2NO. The van der Waals surface area contributed by atoms with Gasteiger partial charge in [0.2, 0.25) is 5.91 Å². The number of carbonyl (C=O) groups excluding carboxylic acids is 1. The van der Waals surface area contributed by atoms with Crippen LogP contribution in [0.2, 0.25) is 0 Å². The predicted octanol–water partition coefficient (Wildman–Crippen LogP) is 4.07. The Morgan fingerprint density at radius 2 is 1.88 bits per heavy atom. The molecule has 0 spiro atoms. The predicted molar refractivity (Wildman–Crippen MR) is 67.3 cm³/mol. The molecule has 1 rings (SSSR count). The normalized spacial score (nSPS) is 10.4. The molecule has 0 radical (unpaired) electrons. The van der Waals surface area contributed by atoms with Gasteiger partial charge in [-0.1, -0.05) is 15.9 Å². The van der Waals surface area contributed by atoms with E-state index in [0.717, 1.165) is 12.1 Å². The average molecular weight is 327 g/mol. The minimum Gasteiger partial charge on any atom is -0.321 e. The summed E-state index contributed by atoms with van der Waals surface area (Å²) in [6, 6.07) is 2.19. The van der Waals surface area contributed by atoms with Crippen LogP contribution >= 0.6 is 27.5 Å². The molecule has 0 heterocycles. The van der Waals surface area contributed by atoms with Crippen molar-refractivity contribution in [3.63, 3.8) is 0 Å². The number of amides is 1. The SMILES string of the molecule is O=C(CCCCCl)Nc1c(F)cc(Br)cc1F. The number of alkyl halides is 1. The molecule has 0 unspecified atom stereocenters. The Balaban J connectivity index is 2.65. The maximum atomic E-state index is 13.4. The summed E-state index contributed by atoms with van der Waals surface area (Å²) in [4.78, 5) is 11.4. The van der Waals surface area contributed by atoms with Crippen molar-refractivity contribution < 1.29 is 13.6 Å². The summed E-state index contributed by atoms with van der Waals surface area (Å²) in [5.74, 6) is -1.56. The van der Waals surface area contributed by atoms with Gasteiger partial charge in [-0.25, -0.2) is 8.78 Å². The third-order valence-electron chi connectivity index (χ3n) is 2.06. The smallest absolute Gasteiger partial charge is 0.224 e. The molecule has 6 heteroatoms. The molecule has 17 heavy (non-hydrogen) atoms. The monoisotopic (exact) mass is 325 g/mol. The first-order valence-corrected chi connectivity index (χ1v) is 6.37. The van der Waals surface area contributed by atoms with Crippen LogP contribution in [0.25, 0.3) is 0 Å². The van der Waals surface area contributed by atoms with Gasteiger partial charge in [0.25, 0.3) is 0 Å². The summed E-state index contributed by atoms with van der Waals surface area (Å²) in [6.07, 6.45) is 1.48. The van der Waals surface area contributed by atoms with E-state index < -0.39 is 23.2 Å². The fraction of sp³-hybridized carbons (Fsp3) is 0.364. The van der Waals surface area contributed by atoms with Gasteiger partial charge < -0.3 is 5.32 Å². The zero-order valence-electron chi connectivity index (χ0n) is 8.90. The minimum absolute atomic E-state index is 0.196. The van der Waals surface area contributed by atoms with Crippen LogP contribution < -0.4 is 5.32 Å². The molecular weight excluding hydrogens is 315 g/mol. The first-order valence-electron chi connectivity index (χ1n) is 5.05. The lowest BCUT2D eigenvalue weighted by Gasteiger charge is -2.07. The highest BCUT2D eigenvalue weighted by Gasteiger charge is 2.13. The minimum atomic E-state index is -0.803. The second-order valence-electron chi connectivity index (χ2n) is 3.44. The van der Waals surface area contributed by atoms with Crippen molar-refractivity contribution in [2.75, 3.05) is 11.2 Å². The fourth-order valence-electron chi connectivity index (χ4n) is 1.24. The number of unbranched alkanes of at least 4 members (excludes halogenated alkanes) is 1. The standard InChI is InChI=1S/C11H11BrClF2NO/c12-7-5-8(14)11(9(15)6-7)16-10(17)3-1-2-4-13/h5-6H,1-4H2,(H,16,17). The van der Waals surface area contributed by atoms with Gasteiger partial charge in [0.1, 0.15) is 5.69 Å². The topological polar surface area (TPSA) is 29.1 Å². The van der Waals surface area contributed by atoms with Crippen LogP contribution in [0.5, 0.6) is 0 Å². The largest absolute Gasteiger partial charge is 0.321 e. The van der Waals surface area contributed by atoms with Crippen molar-refractivity contribution in [3.05, 3.63) is 28.2 Å². The number of hydrogen-bond acceptors (Lipinski definition) is 1. The van der Waals surface area contributed by atoms with E-state index in [-0.39, 0.29) is 10.9 Å². The Labute approximate surface area is 111 Å². The molecule has 0 bridgehead atoms. The summed E-state index contributed by atoms with van der Waals surface area (Å²) in [7, 11) is 0. The summed E-state index contributed by atoms with van der Waals surface area (Å²) < 4.78 is 27.0. The molecule has 0 aliphatic rings. The Kier molecular flexibility index (Phi) is 5.85. The summed E-state index contributed by atoms with van der Waals surface area (Å²) >= 11 is 8.41. The van der Waals surface area contributed by atoms with Crippen molar-refractivity contribution in [2.24, 2.45) is 0 Å². The molecule has 0 saturated carbocycles. The Bertz CT molecular complexity index is 391. The van der Waals surface area contributed by atoms with Crippen LogP contribution in [0.15, 0.2) is 16.6 Å². The lowest BCUT2D eigenvalue weighted by molar-refractivity contribution is -0.116. The zero-order chi connectivity index (χ0) is 12.8. The van der Waals surface area contributed by atoms with Gasteiger partial charge in [-0.3, -0.25) is 4.79 Å². The summed E-state index contributed by atoms with van der Waals surface area (Å²) in [5, 5.41) is 2.21. The maximum absolute atomic E-state index is 13.4. The summed E-state index contributed by atoms with van der Waals surface area (Å²) in [5.41, 5.74) is -0.413. The van der Waals surface area contributed by atoms with Crippen LogP contribution in [-0.4, -0.2) is 11.8 Å². The van der Waals surface area contributed by atoms with Gasteiger partial charge in [0, 0.05) is 16.8 Å². The first kappa shape index (κ1) is 14.4. The molecule has 0 aliphatic heterocycles. The van der Waals surface area contributed by atoms with E-state index in [2.05, 4.69) is 21.2 Å². The van der Waals surface area contributed by atoms with Gasteiger partial charge in [0.15, 0.2) is 11.6 Å². The zero-order valence-corrected chi connectivity index (χ0v) is 11.2. The third kappa shape index (κ3) is 4.60. The van der Waals surface area contributed by atoms with Crippen molar-refractivity contribution in [1.29, 1.82) is 0 Å². The number of benzene rings is 1. The molecule has 1 aromatic rings. The molecule has 1 amide bonds. The quantitative estimate of drug-likeness (QED) is 0.641. The van der Waals surface area contributed by atoms with E-state index in [1.807, 2.05) is 0 Å². The van der Waals surface area contributed by atoms with E-state index in [4.69, 9.17) is 11.6 Å². The number of hydrogen-bond donors (Lipinski definition) is 1. The third-order valence-corrected chi connectivity index (χ3v) is 2.78. The van der Waals surface area contributed by atoms with Crippen LogP contribution in [-0.2, 0) is 4.79 Å². The Morgan fingerprint density at radius 1 is 1.29 bits per heavy atom. The molecule has 0 fully saturated rings. The van der Waals surface area contributed by atoms with Crippen molar-refractivity contribution in [1.82, 2.24) is 0 Å². The van der Waals surface area contributed by atoms with Crippen LogP contribution in [0, 0.1) is 11.6 Å². The number of rotatable bonds is 5. The molecule has 0 atom stereocenters. The maximum Gasteiger partial charge on any atom is 0.224 e. The van der Waals surface area contributed by atoms with E-state index in [0.29, 0.717) is 18.7 Å². The van der Waals surface area contributed by atoms with Gasteiger partial charge in [-0.2, -0.15) is 0 Å². The van der Waals surface area contributed by atoms with Crippen LogP contribution in [0.3, 0.4) is 0 Å². The average Bonchev–Trinajstić information content (AvgIpc) is 2.24. The lowest BCUT2D eigenvalue weighted by Crippen LogP contribution is -2.13. The van der Waals surface area contributed by atoms with E-state index >= 15 is 0 Å². The van der Waals surface area contributed by atoms with Gasteiger partial charge in [-0.05, 0) is 25.0 Å². The molecule has 1 aromatic carbocycles. The highest BCUT2D eigenvalue weighted by molar-refractivity contribution is 9.10. The Morgan fingerprint density at radius 3 is 2.41 bits per heavy atom. The van der Waals surface area contributed by atoms with E-state index in [1.165, 1.54) is 0 Å². The van der Waals surface area contributed by atoms with Gasteiger partial charge >= 0.3 is 0 Å². The lowest BCUT2D eigenvalue weighted by atomic mass is 10.2. The van der Waals surface area contributed by atoms with Gasteiger partial charge in [0.05, 0.1) is 0 Å². The van der Waals surface area contributed by atoms with E-state index in [9.17, 15) is 13.6 Å². The molecule has 0 saturated heterocycles. The van der Waals surface area contributed by atoms with Crippen LogP contribution in [0.1, 0.15) is 19.3 Å². The molecule has 1 N–H and O–H groups in total. The molecule has 0 aromatic heterocycles. The first-order chi connectivity index (χ1) is 8.04. The van der Waals surface area contributed by atoms with Crippen LogP contribution in [0.4, 0.5) is 14.5 Å². The molecule has 0 aliphatic carbocycles. The fourth-order valence-corrected chi connectivity index (χ4v) is 1.83. The highest BCUT2D eigenvalue weighted by atomic mass is 79.9. The highest BCUT2D eigenvalue weighted by Crippen LogP contribution is 2.23. The van der Waals surface area contributed by atoms with Crippen molar-refractivity contribution >= 4 is 39.1 Å². The van der Waals surface area contributed by atoms with Crippen molar-refractivity contribution in [2.45, 2.75) is 19.3 Å². The molecule has 94 valence electrons. The molecule has 2 nitrogen and oxygen atoms in total.